The Morgan fingerprint density at radius 3 is 3.00 bits per heavy atom. The number of carboxylic acids is 1. The van der Waals surface area contributed by atoms with Crippen LogP contribution in [0.3, 0.4) is 0 Å². The highest BCUT2D eigenvalue weighted by Gasteiger charge is 2.30. The van der Waals surface area contributed by atoms with E-state index in [4.69, 9.17) is 9.84 Å². The van der Waals surface area contributed by atoms with E-state index in [1.54, 1.807) is 0 Å². The molecule has 0 saturated carbocycles. The van der Waals surface area contributed by atoms with Gasteiger partial charge in [0.25, 0.3) is 0 Å². The molecule has 2 atom stereocenters. The molecule has 18 heavy (non-hydrogen) atoms. The number of hydrogen-bond donors (Lipinski definition) is 2. The van der Waals surface area contributed by atoms with E-state index in [9.17, 15) is 4.79 Å². The lowest BCUT2D eigenvalue weighted by Crippen LogP contribution is -2.30. The number of benzene rings is 1. The number of ether oxygens (including phenoxy) is 1. The quantitative estimate of drug-likeness (QED) is 0.776. The first kappa shape index (κ1) is 12.6. The highest BCUT2D eigenvalue weighted by atomic mass is 16.5. The van der Waals surface area contributed by atoms with Crippen LogP contribution in [0.4, 0.5) is 0 Å². The van der Waals surface area contributed by atoms with Crippen LogP contribution in [0.15, 0.2) is 36.9 Å². The molecular formula is C14H17NO3. The first-order chi connectivity index (χ1) is 8.70. The number of para-hydroxylation sites is 1. The Morgan fingerprint density at radius 1 is 1.56 bits per heavy atom. The van der Waals surface area contributed by atoms with Crippen LogP contribution in [0.1, 0.15) is 12.0 Å². The lowest BCUT2D eigenvalue weighted by Gasteiger charge is -2.15. The fourth-order valence-electron chi connectivity index (χ4n) is 2.10. The van der Waals surface area contributed by atoms with Gasteiger partial charge in [-0.05, 0) is 18.1 Å². The normalized spacial score (nSPS) is 22.7. The second-order valence-corrected chi connectivity index (χ2v) is 4.38. The Balaban J connectivity index is 2.02. The van der Waals surface area contributed by atoms with Crippen LogP contribution >= 0.6 is 0 Å². The molecule has 1 aromatic rings. The van der Waals surface area contributed by atoms with Gasteiger partial charge in [-0.15, -0.1) is 6.58 Å². The van der Waals surface area contributed by atoms with Crippen molar-refractivity contribution in [2.45, 2.75) is 25.0 Å². The van der Waals surface area contributed by atoms with Crippen molar-refractivity contribution in [2.75, 3.05) is 6.54 Å². The second kappa shape index (κ2) is 5.69. The second-order valence-electron chi connectivity index (χ2n) is 4.38. The summed E-state index contributed by atoms with van der Waals surface area (Å²) in [5.41, 5.74) is 1.08. The number of allylic oxidation sites excluding steroid dienone is 1. The van der Waals surface area contributed by atoms with Crippen LogP contribution in [0.5, 0.6) is 5.75 Å². The van der Waals surface area contributed by atoms with Crippen LogP contribution in [-0.4, -0.2) is 29.8 Å². The largest absolute Gasteiger partial charge is 0.489 e. The van der Waals surface area contributed by atoms with E-state index >= 15 is 0 Å². The summed E-state index contributed by atoms with van der Waals surface area (Å²) in [5, 5.41) is 11.8. The van der Waals surface area contributed by atoms with Crippen LogP contribution in [0, 0.1) is 0 Å². The Hall–Kier alpha value is -1.81. The minimum Gasteiger partial charge on any atom is -0.489 e. The van der Waals surface area contributed by atoms with Gasteiger partial charge >= 0.3 is 5.97 Å². The Labute approximate surface area is 106 Å². The van der Waals surface area contributed by atoms with E-state index in [1.165, 1.54) is 0 Å². The smallest absolute Gasteiger partial charge is 0.320 e. The molecule has 1 aliphatic heterocycles. The lowest BCUT2D eigenvalue weighted by atomic mass is 10.1. The molecular weight excluding hydrogens is 230 g/mol. The van der Waals surface area contributed by atoms with Gasteiger partial charge in [0.15, 0.2) is 0 Å². The van der Waals surface area contributed by atoms with Gasteiger partial charge in [0.1, 0.15) is 17.9 Å². The third-order valence-electron chi connectivity index (χ3n) is 3.02. The summed E-state index contributed by atoms with van der Waals surface area (Å²) in [6, 6.07) is 7.28. The number of nitrogens with one attached hydrogen (secondary N) is 1. The molecule has 1 aliphatic rings. The predicted octanol–water partition coefficient (Wildman–Crippen LogP) is 1.61. The molecule has 0 radical (unpaired) electrons. The van der Waals surface area contributed by atoms with Crippen molar-refractivity contribution in [1.82, 2.24) is 5.32 Å². The molecule has 2 N–H and O–H groups in total. The maximum absolute atomic E-state index is 10.8. The SMILES string of the molecule is C=CCc1ccccc1O[C@H]1CN[C@H](C(=O)O)C1. The first-order valence-corrected chi connectivity index (χ1v) is 6.02. The van der Waals surface area contributed by atoms with Gasteiger partial charge in [0, 0.05) is 13.0 Å². The summed E-state index contributed by atoms with van der Waals surface area (Å²) in [7, 11) is 0. The zero-order valence-corrected chi connectivity index (χ0v) is 10.1. The van der Waals surface area contributed by atoms with Crippen molar-refractivity contribution in [2.24, 2.45) is 0 Å². The van der Waals surface area contributed by atoms with Gasteiger partial charge in [-0.3, -0.25) is 4.79 Å². The standard InChI is InChI=1S/C14H17NO3/c1-2-5-10-6-3-4-7-13(10)18-11-8-12(14(16)17)15-9-11/h2-4,6-7,11-12,15H,1,5,8-9H2,(H,16,17)/t11-,12+/m1/s1. The molecule has 0 bridgehead atoms. The predicted molar refractivity (Wildman–Crippen MR) is 68.8 cm³/mol. The van der Waals surface area contributed by atoms with E-state index in [2.05, 4.69) is 11.9 Å². The van der Waals surface area contributed by atoms with E-state index in [0.717, 1.165) is 17.7 Å². The van der Waals surface area contributed by atoms with Crippen molar-refractivity contribution in [1.29, 1.82) is 0 Å². The monoisotopic (exact) mass is 247 g/mol. The summed E-state index contributed by atoms with van der Waals surface area (Å²) >= 11 is 0. The third-order valence-corrected chi connectivity index (χ3v) is 3.02. The maximum atomic E-state index is 10.8. The minimum atomic E-state index is -0.819. The molecule has 0 aliphatic carbocycles. The molecule has 1 saturated heterocycles. The highest BCUT2D eigenvalue weighted by molar-refractivity contribution is 5.73. The maximum Gasteiger partial charge on any atom is 0.320 e. The van der Waals surface area contributed by atoms with E-state index in [-0.39, 0.29) is 6.10 Å². The molecule has 1 heterocycles. The Kier molecular flexibility index (Phi) is 3.99. The number of aliphatic carboxylic acids is 1. The van der Waals surface area contributed by atoms with E-state index < -0.39 is 12.0 Å². The van der Waals surface area contributed by atoms with E-state index in [1.807, 2.05) is 30.3 Å². The molecule has 0 unspecified atom stereocenters. The van der Waals surface area contributed by atoms with Crippen molar-refractivity contribution < 1.29 is 14.6 Å². The molecule has 1 fully saturated rings. The number of carbonyl (C=O) groups is 1. The van der Waals surface area contributed by atoms with E-state index in [0.29, 0.717) is 13.0 Å². The number of carboxylic acid groups (broad SMARTS) is 1. The van der Waals surface area contributed by atoms with Crippen molar-refractivity contribution >= 4 is 5.97 Å². The molecule has 0 spiro atoms. The average molecular weight is 247 g/mol. The zero-order valence-electron chi connectivity index (χ0n) is 10.1. The average Bonchev–Trinajstić information content (AvgIpc) is 2.81. The van der Waals surface area contributed by atoms with Gasteiger partial charge in [0.05, 0.1) is 0 Å². The van der Waals surface area contributed by atoms with Gasteiger partial charge in [0.2, 0.25) is 0 Å². The van der Waals surface area contributed by atoms with Gasteiger partial charge in [-0.25, -0.2) is 0 Å². The van der Waals surface area contributed by atoms with Crippen LogP contribution in [-0.2, 0) is 11.2 Å². The van der Waals surface area contributed by atoms with Crippen molar-refractivity contribution in [3.8, 4) is 5.75 Å². The summed E-state index contributed by atoms with van der Waals surface area (Å²) in [6.07, 6.45) is 2.99. The summed E-state index contributed by atoms with van der Waals surface area (Å²) < 4.78 is 5.87. The van der Waals surface area contributed by atoms with Gasteiger partial charge in [-0.2, -0.15) is 0 Å². The molecule has 4 heteroatoms. The molecule has 0 aromatic heterocycles. The zero-order chi connectivity index (χ0) is 13.0. The fraction of sp³-hybridized carbons (Fsp3) is 0.357. The molecule has 2 rings (SSSR count). The lowest BCUT2D eigenvalue weighted by molar-refractivity contribution is -0.139. The van der Waals surface area contributed by atoms with Gasteiger partial charge < -0.3 is 15.2 Å². The van der Waals surface area contributed by atoms with Crippen LogP contribution in [0.25, 0.3) is 0 Å². The Morgan fingerprint density at radius 2 is 2.33 bits per heavy atom. The molecule has 1 aromatic carbocycles. The van der Waals surface area contributed by atoms with Crippen LogP contribution < -0.4 is 10.1 Å². The summed E-state index contributed by atoms with van der Waals surface area (Å²) in [5.74, 6) is -0.00397. The van der Waals surface area contributed by atoms with Crippen LogP contribution in [0.2, 0.25) is 0 Å². The molecule has 4 nitrogen and oxygen atoms in total. The molecule has 0 amide bonds. The van der Waals surface area contributed by atoms with Crippen molar-refractivity contribution in [3.63, 3.8) is 0 Å². The summed E-state index contributed by atoms with van der Waals surface area (Å²) in [6.45, 7) is 4.29. The third kappa shape index (κ3) is 2.90. The van der Waals surface area contributed by atoms with Gasteiger partial charge in [-0.1, -0.05) is 24.3 Å². The number of hydrogen-bond acceptors (Lipinski definition) is 3. The number of rotatable bonds is 5. The Bertz CT molecular complexity index is 444. The summed E-state index contributed by atoms with van der Waals surface area (Å²) in [4.78, 5) is 10.8. The first-order valence-electron chi connectivity index (χ1n) is 6.02. The van der Waals surface area contributed by atoms with Crippen molar-refractivity contribution in [3.05, 3.63) is 42.5 Å². The highest BCUT2D eigenvalue weighted by Crippen LogP contribution is 2.22. The topological polar surface area (TPSA) is 58.6 Å². The molecule has 96 valence electrons. The fourth-order valence-corrected chi connectivity index (χ4v) is 2.10. The minimum absolute atomic E-state index is 0.0861.